The molecule has 5 nitrogen and oxygen atoms in total. The monoisotopic (exact) mass is 354 g/mol. The highest BCUT2D eigenvalue weighted by atomic mass is 32.2. The Morgan fingerprint density at radius 3 is 2.00 bits per heavy atom. The van der Waals surface area contributed by atoms with E-state index < -0.39 is 49.1 Å². The first-order valence-corrected chi connectivity index (χ1v) is 9.50. The summed E-state index contributed by atoms with van der Waals surface area (Å²) in [4.78, 5) is 0. The molecule has 0 amide bonds. The van der Waals surface area contributed by atoms with Crippen LogP contribution in [0.2, 0.25) is 0 Å². The van der Waals surface area contributed by atoms with Crippen molar-refractivity contribution in [3.05, 3.63) is 29.3 Å². The third-order valence-corrected chi connectivity index (χ3v) is 4.95. The first-order chi connectivity index (χ1) is 9.81. The summed E-state index contributed by atoms with van der Waals surface area (Å²) in [6, 6.07) is 1.44. The summed E-state index contributed by atoms with van der Waals surface area (Å²) in [5.41, 5.74) is -0.498. The molecule has 0 saturated carbocycles. The summed E-state index contributed by atoms with van der Waals surface area (Å²) in [5, 5.41) is 0. The number of rotatable bonds is 5. The second kappa shape index (κ2) is 6.59. The topological polar surface area (TPSA) is 75.3 Å². The Hall–Kier alpha value is -1.06. The molecule has 0 spiro atoms. The summed E-state index contributed by atoms with van der Waals surface area (Å²) in [6.07, 6.45) is 0.802. The third-order valence-electron chi connectivity index (χ3n) is 2.69. The van der Waals surface area contributed by atoms with Crippen LogP contribution in [0.4, 0.5) is 14.5 Å². The normalized spacial score (nSPS) is 15.4. The van der Waals surface area contributed by atoms with E-state index in [0.29, 0.717) is 0 Å². The Balaban J connectivity index is 3.06. The van der Waals surface area contributed by atoms with Gasteiger partial charge in [-0.15, -0.1) is 0 Å². The van der Waals surface area contributed by atoms with Crippen LogP contribution in [0.15, 0.2) is 12.1 Å². The molecule has 126 valence electrons. The van der Waals surface area contributed by atoms with Crippen molar-refractivity contribution in [2.24, 2.45) is 0 Å². The Bertz CT molecular complexity index is 662. The number of hydrogen-bond donors (Lipinski definition) is 2. The van der Waals surface area contributed by atoms with Crippen molar-refractivity contribution in [2.45, 2.75) is 38.5 Å². The number of nitrogens with one attached hydrogen (secondary N) is 2. The van der Waals surface area contributed by atoms with E-state index in [1.807, 2.05) is 0 Å². The van der Waals surface area contributed by atoms with E-state index in [2.05, 4.69) is 4.72 Å². The third kappa shape index (κ3) is 5.29. The predicted octanol–water partition coefficient (Wildman–Crippen LogP) is 2.45. The molecule has 2 unspecified atom stereocenters. The summed E-state index contributed by atoms with van der Waals surface area (Å²) in [6.45, 7) is 6.91. The molecule has 0 bridgehead atoms. The molecule has 0 saturated heterocycles. The van der Waals surface area contributed by atoms with Crippen molar-refractivity contribution in [3.63, 3.8) is 0 Å². The molecule has 0 heterocycles. The van der Waals surface area contributed by atoms with Gasteiger partial charge in [-0.2, -0.15) is 0 Å². The zero-order valence-electron chi connectivity index (χ0n) is 13.0. The highest BCUT2D eigenvalue weighted by Crippen LogP contribution is 2.25. The minimum atomic E-state index is -3.79. The largest absolute Gasteiger partial charge is 0.278 e. The van der Waals surface area contributed by atoms with Crippen molar-refractivity contribution in [1.29, 1.82) is 0 Å². The quantitative estimate of drug-likeness (QED) is 0.853. The fourth-order valence-electron chi connectivity index (χ4n) is 1.53. The van der Waals surface area contributed by atoms with Crippen LogP contribution in [0, 0.1) is 11.6 Å². The Kier molecular flexibility index (Phi) is 5.69. The van der Waals surface area contributed by atoms with Gasteiger partial charge in [-0.1, -0.05) is 0 Å². The number of benzene rings is 1. The molecule has 0 fully saturated rings. The molecular formula is C13H20F2N2O3S2. The van der Waals surface area contributed by atoms with Crippen molar-refractivity contribution in [3.8, 4) is 0 Å². The van der Waals surface area contributed by atoms with Crippen LogP contribution in [0.25, 0.3) is 0 Å². The van der Waals surface area contributed by atoms with E-state index >= 15 is 0 Å². The van der Waals surface area contributed by atoms with Gasteiger partial charge >= 0.3 is 0 Å². The van der Waals surface area contributed by atoms with Gasteiger partial charge in [0.25, 0.3) is 0 Å². The summed E-state index contributed by atoms with van der Waals surface area (Å²) in [5.74, 6) is -2.06. The highest BCUT2D eigenvalue weighted by Gasteiger charge is 2.23. The lowest BCUT2D eigenvalue weighted by molar-refractivity contribution is 0.573. The first kappa shape index (κ1) is 19.0. The van der Waals surface area contributed by atoms with Crippen LogP contribution in [0.1, 0.15) is 39.3 Å². The zero-order valence-corrected chi connectivity index (χ0v) is 14.7. The molecule has 2 N–H and O–H groups in total. The second-order valence-electron chi connectivity index (χ2n) is 5.95. The SMILES string of the molecule is CC(NS(=O)C(C)(C)C)c1cc(F)c(NS(C)(=O)=O)c(F)c1. The molecule has 9 heteroatoms. The van der Waals surface area contributed by atoms with E-state index in [9.17, 15) is 21.4 Å². The summed E-state index contributed by atoms with van der Waals surface area (Å²) < 4.78 is 66.0. The van der Waals surface area contributed by atoms with Gasteiger partial charge in [0.05, 0.1) is 22.0 Å². The number of hydrogen-bond acceptors (Lipinski definition) is 3. The van der Waals surface area contributed by atoms with Crippen LogP contribution in [-0.2, 0) is 21.0 Å². The molecule has 22 heavy (non-hydrogen) atoms. The molecule has 0 aliphatic rings. The molecule has 1 rings (SSSR count). The average molecular weight is 354 g/mol. The Morgan fingerprint density at radius 2 is 1.64 bits per heavy atom. The molecule has 1 aromatic rings. The number of sulfonamides is 1. The van der Waals surface area contributed by atoms with Crippen LogP contribution < -0.4 is 9.44 Å². The van der Waals surface area contributed by atoms with Gasteiger partial charge in [-0.3, -0.25) is 4.72 Å². The summed E-state index contributed by atoms with van der Waals surface area (Å²) >= 11 is 0. The molecule has 0 radical (unpaired) electrons. The lowest BCUT2D eigenvalue weighted by atomic mass is 10.1. The van der Waals surface area contributed by atoms with Crippen molar-refractivity contribution in [2.75, 3.05) is 11.0 Å². The Labute approximate surface area is 132 Å². The maximum Gasteiger partial charge on any atom is 0.230 e. The summed E-state index contributed by atoms with van der Waals surface area (Å²) in [7, 11) is -5.20. The van der Waals surface area contributed by atoms with E-state index in [4.69, 9.17) is 0 Å². The molecule has 0 aliphatic heterocycles. The molecule has 1 aromatic carbocycles. The standard InChI is InChI=1S/C13H20F2N2O3S2/c1-8(16-21(18)13(2,3)4)9-6-10(14)12(11(15)7-9)17-22(5,19)20/h6-8,16-17H,1-5H3. The molecule has 0 aromatic heterocycles. The van der Waals surface area contributed by atoms with E-state index in [0.717, 1.165) is 18.4 Å². The number of anilines is 1. The van der Waals surface area contributed by atoms with Gasteiger partial charge in [-0.25, -0.2) is 26.1 Å². The molecular weight excluding hydrogens is 334 g/mol. The lowest BCUT2D eigenvalue weighted by Crippen LogP contribution is -2.34. The van der Waals surface area contributed by atoms with Crippen LogP contribution in [-0.4, -0.2) is 23.6 Å². The smallest absolute Gasteiger partial charge is 0.230 e. The second-order valence-corrected chi connectivity index (χ2v) is 9.70. The van der Waals surface area contributed by atoms with Gasteiger partial charge in [0, 0.05) is 6.04 Å². The zero-order chi connectivity index (χ0) is 17.3. The van der Waals surface area contributed by atoms with Gasteiger partial charge in [0.15, 0.2) is 11.6 Å². The van der Waals surface area contributed by atoms with E-state index in [1.165, 1.54) is 0 Å². The Morgan fingerprint density at radius 1 is 1.18 bits per heavy atom. The van der Waals surface area contributed by atoms with E-state index in [1.54, 1.807) is 32.4 Å². The van der Waals surface area contributed by atoms with Crippen LogP contribution in [0.3, 0.4) is 0 Å². The predicted molar refractivity (Wildman–Crippen MR) is 84.3 cm³/mol. The first-order valence-electron chi connectivity index (χ1n) is 6.46. The minimum Gasteiger partial charge on any atom is -0.278 e. The molecule has 2 atom stereocenters. The van der Waals surface area contributed by atoms with Crippen LogP contribution >= 0.6 is 0 Å². The fraction of sp³-hybridized carbons (Fsp3) is 0.538. The highest BCUT2D eigenvalue weighted by molar-refractivity contribution is 7.92. The van der Waals surface area contributed by atoms with Gasteiger partial charge in [0.1, 0.15) is 5.69 Å². The van der Waals surface area contributed by atoms with Crippen molar-refractivity contribution < 1.29 is 21.4 Å². The maximum absolute atomic E-state index is 13.9. The lowest BCUT2D eigenvalue weighted by Gasteiger charge is -2.22. The van der Waals surface area contributed by atoms with Crippen molar-refractivity contribution >= 4 is 26.7 Å². The van der Waals surface area contributed by atoms with Gasteiger partial charge in [-0.05, 0) is 45.4 Å². The van der Waals surface area contributed by atoms with Crippen molar-refractivity contribution in [1.82, 2.24) is 4.72 Å². The van der Waals surface area contributed by atoms with Crippen LogP contribution in [0.5, 0.6) is 0 Å². The molecule has 0 aliphatic carbocycles. The number of halogens is 2. The van der Waals surface area contributed by atoms with Gasteiger partial charge in [0.2, 0.25) is 10.0 Å². The maximum atomic E-state index is 13.9. The fourth-order valence-corrected chi connectivity index (χ4v) is 2.91. The minimum absolute atomic E-state index is 0.228. The average Bonchev–Trinajstić information content (AvgIpc) is 2.31. The van der Waals surface area contributed by atoms with Gasteiger partial charge < -0.3 is 0 Å². The van der Waals surface area contributed by atoms with E-state index in [-0.39, 0.29) is 5.56 Å².